The van der Waals surface area contributed by atoms with Gasteiger partial charge in [0.15, 0.2) is 4.24 Å². The average molecular weight is 275 g/mol. The fraction of sp³-hybridized carbons (Fsp3) is 0.111. The molecule has 0 radical (unpaired) electrons. The predicted octanol–water partition coefficient (Wildman–Crippen LogP) is 0.0694. The van der Waals surface area contributed by atoms with Crippen molar-refractivity contribution in [3.63, 3.8) is 0 Å². The fourth-order valence-electron chi connectivity index (χ4n) is 1.54. The molecule has 0 amide bonds. The number of hydrogen-bond donors (Lipinski definition) is 1. The lowest BCUT2D eigenvalue weighted by molar-refractivity contribution is 0.413. The van der Waals surface area contributed by atoms with Crippen molar-refractivity contribution in [1.29, 1.82) is 0 Å². The van der Waals surface area contributed by atoms with Gasteiger partial charge in [0, 0.05) is 0 Å². The van der Waals surface area contributed by atoms with Gasteiger partial charge in [-0.1, -0.05) is 0 Å². The third-order valence-corrected chi connectivity index (χ3v) is 5.94. The quantitative estimate of drug-likeness (QED) is 0.822. The zero-order valence-corrected chi connectivity index (χ0v) is 10.4. The summed E-state index contributed by atoms with van der Waals surface area (Å²) in [5, 5.41) is 4.86. The van der Waals surface area contributed by atoms with Crippen molar-refractivity contribution in [1.82, 2.24) is 0 Å². The van der Waals surface area contributed by atoms with Gasteiger partial charge in [0.05, 0.1) is 12.0 Å². The second kappa shape index (κ2) is 3.56. The maximum atomic E-state index is 11.9. The molecule has 1 aromatic carbocycles. The minimum absolute atomic E-state index is 0.110. The Morgan fingerprint density at radius 1 is 1.29 bits per heavy atom. The first-order valence-corrected chi connectivity index (χ1v) is 7.47. The van der Waals surface area contributed by atoms with Crippen LogP contribution in [0.5, 0.6) is 5.75 Å². The van der Waals surface area contributed by atoms with E-state index >= 15 is 0 Å². The molecule has 0 fully saturated rings. The largest absolute Gasteiger partial charge is 0.497 e. The topological polar surface area (TPSA) is 104 Å². The van der Waals surface area contributed by atoms with Crippen LogP contribution in [0.3, 0.4) is 0 Å². The molecular formula is C9H9NO5S2. The molecule has 1 aliphatic rings. The van der Waals surface area contributed by atoms with E-state index in [-0.39, 0.29) is 10.5 Å². The number of rotatable bonds is 2. The van der Waals surface area contributed by atoms with Gasteiger partial charge in [-0.05, 0) is 29.8 Å². The van der Waals surface area contributed by atoms with E-state index < -0.39 is 24.1 Å². The number of methoxy groups -OCH3 is 1. The Kier molecular flexibility index (Phi) is 2.53. The molecule has 0 aromatic heterocycles. The molecule has 1 aromatic rings. The van der Waals surface area contributed by atoms with Gasteiger partial charge in [-0.15, -0.1) is 0 Å². The van der Waals surface area contributed by atoms with Crippen LogP contribution in [-0.2, 0) is 19.9 Å². The number of ether oxygens (including phenoxy) is 1. The van der Waals surface area contributed by atoms with Crippen LogP contribution in [0.2, 0.25) is 0 Å². The van der Waals surface area contributed by atoms with Crippen LogP contribution in [0.4, 0.5) is 0 Å². The summed E-state index contributed by atoms with van der Waals surface area (Å²) in [5.41, 5.74) is 0.287. The third kappa shape index (κ3) is 1.84. The fourth-order valence-corrected chi connectivity index (χ4v) is 4.53. The normalized spacial score (nSPS) is 17.4. The van der Waals surface area contributed by atoms with Crippen molar-refractivity contribution >= 4 is 25.9 Å². The molecule has 0 atom stereocenters. The summed E-state index contributed by atoms with van der Waals surface area (Å²) in [4.78, 5) is -0.110. The Bertz CT molecular complexity index is 716. The SMILES string of the molecule is COc1ccc2c(c1)S(=O)(=O)C(S(N)(=O)=O)=C2. The van der Waals surface area contributed by atoms with E-state index in [0.29, 0.717) is 5.75 Å². The standard InChI is InChI=1S/C9H9NO5S2/c1-15-7-3-2-6-4-9(17(10,13)14)16(11,12)8(6)5-7/h2-5H,1H3,(H2,10,13,14). The van der Waals surface area contributed by atoms with E-state index in [4.69, 9.17) is 9.88 Å². The lowest BCUT2D eigenvalue weighted by Gasteiger charge is -2.03. The molecule has 1 aliphatic heterocycles. The number of fused-ring (bicyclic) bond motifs is 1. The van der Waals surface area contributed by atoms with Gasteiger partial charge in [-0.3, -0.25) is 0 Å². The Labute approximate surface area is 98.7 Å². The van der Waals surface area contributed by atoms with Crippen LogP contribution in [0.15, 0.2) is 27.3 Å². The van der Waals surface area contributed by atoms with E-state index in [1.807, 2.05) is 0 Å². The molecular weight excluding hydrogens is 266 g/mol. The van der Waals surface area contributed by atoms with E-state index in [1.165, 1.54) is 25.3 Å². The number of nitrogens with two attached hydrogens (primary N) is 1. The molecule has 0 unspecified atom stereocenters. The van der Waals surface area contributed by atoms with E-state index in [2.05, 4.69) is 0 Å². The van der Waals surface area contributed by atoms with Gasteiger partial charge in [0.2, 0.25) is 19.9 Å². The molecule has 2 N–H and O–H groups in total. The first-order valence-electron chi connectivity index (χ1n) is 4.44. The Morgan fingerprint density at radius 3 is 2.47 bits per heavy atom. The molecule has 6 nitrogen and oxygen atoms in total. The Morgan fingerprint density at radius 2 is 1.94 bits per heavy atom. The van der Waals surface area contributed by atoms with Crippen molar-refractivity contribution < 1.29 is 21.6 Å². The number of sulfonamides is 1. The molecule has 2 rings (SSSR count). The van der Waals surface area contributed by atoms with Gasteiger partial charge in [-0.25, -0.2) is 22.0 Å². The van der Waals surface area contributed by atoms with Crippen molar-refractivity contribution in [2.45, 2.75) is 4.90 Å². The minimum Gasteiger partial charge on any atom is -0.497 e. The average Bonchev–Trinajstić information content (AvgIpc) is 2.50. The highest BCUT2D eigenvalue weighted by molar-refractivity contribution is 8.14. The van der Waals surface area contributed by atoms with Crippen LogP contribution >= 0.6 is 0 Å². The molecule has 0 aliphatic carbocycles. The van der Waals surface area contributed by atoms with Crippen LogP contribution in [-0.4, -0.2) is 23.9 Å². The maximum Gasteiger partial charge on any atom is 0.249 e. The van der Waals surface area contributed by atoms with Crippen molar-refractivity contribution in [3.05, 3.63) is 28.0 Å². The monoisotopic (exact) mass is 275 g/mol. The van der Waals surface area contributed by atoms with Crippen LogP contribution < -0.4 is 9.88 Å². The molecule has 1 heterocycles. The summed E-state index contributed by atoms with van der Waals surface area (Å²) in [6, 6.07) is 4.26. The van der Waals surface area contributed by atoms with Crippen molar-refractivity contribution in [2.75, 3.05) is 7.11 Å². The first-order chi connectivity index (χ1) is 7.76. The summed E-state index contributed by atoms with van der Waals surface area (Å²) in [5.74, 6) is 0.330. The highest BCUT2D eigenvalue weighted by atomic mass is 32.3. The summed E-state index contributed by atoms with van der Waals surface area (Å²) in [7, 11) is -6.95. The lowest BCUT2D eigenvalue weighted by Crippen LogP contribution is -2.19. The Hall–Kier alpha value is -1.38. The zero-order chi connectivity index (χ0) is 12.8. The maximum absolute atomic E-state index is 11.9. The minimum atomic E-state index is -4.27. The zero-order valence-electron chi connectivity index (χ0n) is 8.74. The Balaban J connectivity index is 2.73. The van der Waals surface area contributed by atoms with Gasteiger partial charge < -0.3 is 4.74 Å². The molecule has 8 heteroatoms. The van der Waals surface area contributed by atoms with Crippen LogP contribution in [0.1, 0.15) is 5.56 Å². The summed E-state index contributed by atoms with van der Waals surface area (Å²) in [6.45, 7) is 0. The smallest absolute Gasteiger partial charge is 0.249 e. The van der Waals surface area contributed by atoms with Gasteiger partial charge in [0.25, 0.3) is 0 Å². The highest BCUT2D eigenvalue weighted by Crippen LogP contribution is 2.36. The molecule has 0 spiro atoms. The van der Waals surface area contributed by atoms with Crippen LogP contribution in [0, 0.1) is 0 Å². The van der Waals surface area contributed by atoms with Crippen molar-refractivity contribution in [2.24, 2.45) is 5.14 Å². The number of sulfone groups is 1. The van der Waals surface area contributed by atoms with Gasteiger partial charge >= 0.3 is 0 Å². The molecule has 92 valence electrons. The molecule has 0 bridgehead atoms. The second-order valence-electron chi connectivity index (χ2n) is 3.42. The number of benzene rings is 1. The van der Waals surface area contributed by atoms with E-state index in [0.717, 1.165) is 6.08 Å². The first kappa shape index (κ1) is 12.1. The molecule has 17 heavy (non-hydrogen) atoms. The summed E-state index contributed by atoms with van der Waals surface area (Å²) in [6.07, 6.45) is 1.04. The molecule has 0 saturated carbocycles. The molecule has 0 saturated heterocycles. The highest BCUT2D eigenvalue weighted by Gasteiger charge is 2.36. The lowest BCUT2D eigenvalue weighted by atomic mass is 10.2. The van der Waals surface area contributed by atoms with E-state index in [1.54, 1.807) is 0 Å². The summed E-state index contributed by atoms with van der Waals surface area (Å²) < 4.78 is 50.3. The van der Waals surface area contributed by atoms with Crippen LogP contribution in [0.25, 0.3) is 6.08 Å². The predicted molar refractivity (Wildman–Crippen MR) is 61.3 cm³/mol. The third-order valence-electron chi connectivity index (χ3n) is 2.33. The number of hydrogen-bond acceptors (Lipinski definition) is 5. The second-order valence-corrected chi connectivity index (χ2v) is 7.09. The number of primary sulfonamides is 1. The summed E-state index contributed by atoms with van der Waals surface area (Å²) >= 11 is 0. The van der Waals surface area contributed by atoms with E-state index in [9.17, 15) is 16.8 Å². The van der Waals surface area contributed by atoms with Gasteiger partial charge in [-0.2, -0.15) is 0 Å². The van der Waals surface area contributed by atoms with Crippen molar-refractivity contribution in [3.8, 4) is 5.75 Å². The van der Waals surface area contributed by atoms with Gasteiger partial charge in [0.1, 0.15) is 5.75 Å².